The fourth-order valence-electron chi connectivity index (χ4n) is 7.85. The van der Waals surface area contributed by atoms with Crippen LogP contribution in [-0.2, 0) is 13.1 Å². The van der Waals surface area contributed by atoms with E-state index in [-0.39, 0.29) is 39.5 Å². The first-order chi connectivity index (χ1) is 26.6. The molecule has 4 aromatic carbocycles. The average molecular weight is 703 g/mol. The molecule has 0 fully saturated rings. The van der Waals surface area contributed by atoms with Crippen LogP contribution in [0.5, 0.6) is 23.0 Å². The lowest BCUT2D eigenvalue weighted by atomic mass is 9.71. The van der Waals surface area contributed by atoms with Crippen molar-refractivity contribution >= 4 is 21.8 Å². The Kier molecular flexibility index (Phi) is 9.97. The molecule has 260 valence electrons. The summed E-state index contributed by atoms with van der Waals surface area (Å²) in [6.45, 7) is 0.664. The van der Waals surface area contributed by atoms with Crippen LogP contribution in [0, 0.1) is 74.1 Å². The Morgan fingerprint density at radius 3 is 1.22 bits per heavy atom. The van der Waals surface area contributed by atoms with Gasteiger partial charge in [0.25, 0.3) is 0 Å². The highest BCUT2D eigenvalue weighted by Crippen LogP contribution is 2.58. The van der Waals surface area contributed by atoms with Crippen molar-refractivity contribution in [1.29, 1.82) is 0 Å². The Morgan fingerprint density at radius 2 is 0.833 bits per heavy atom. The maximum absolute atomic E-state index is 6.38. The van der Waals surface area contributed by atoms with Gasteiger partial charge in [-0.2, -0.15) is 0 Å². The van der Waals surface area contributed by atoms with Gasteiger partial charge in [-0.1, -0.05) is 96.2 Å². The van der Waals surface area contributed by atoms with E-state index in [0.717, 1.165) is 55.4 Å². The standard InChI is InChI=1S/C48H34N2O4/c1-7-27-49-37-23-15-13-19-33(37)41-44(36-22-18-26-40(52-30-10-4)48(36)54-32-12-6)46-42(34-20-14-16-24-38(34)50(46)28-8-2)43(45(41)49)35-21-17-25-39(51-29-9-3)47(35)53-31-11-5/h1-6,13-26,43-44H,27-32H2. The van der Waals surface area contributed by atoms with Crippen LogP contribution in [0.2, 0.25) is 0 Å². The van der Waals surface area contributed by atoms with Crippen LogP contribution in [0.15, 0.2) is 84.9 Å². The van der Waals surface area contributed by atoms with Gasteiger partial charge < -0.3 is 28.1 Å². The number of nitrogens with zero attached hydrogens (tertiary/aromatic N) is 2. The molecule has 6 nitrogen and oxygen atoms in total. The second kappa shape index (κ2) is 15.4. The fraction of sp³-hybridized carbons (Fsp3) is 0.167. The lowest BCUT2D eigenvalue weighted by molar-refractivity contribution is 0.310. The van der Waals surface area contributed by atoms with Gasteiger partial charge in [-0.25, -0.2) is 0 Å². The molecule has 0 amide bonds. The normalized spacial score (nSPS) is 13.9. The number of benzene rings is 4. The minimum absolute atomic E-state index is 0.00497. The molecule has 2 aromatic heterocycles. The molecule has 7 rings (SSSR count). The van der Waals surface area contributed by atoms with Gasteiger partial charge in [0.2, 0.25) is 0 Å². The maximum Gasteiger partial charge on any atom is 0.166 e. The minimum atomic E-state index is -0.450. The number of hydrogen-bond acceptors (Lipinski definition) is 4. The molecule has 2 atom stereocenters. The Hall–Kier alpha value is -7.48. The minimum Gasteiger partial charge on any atom is -0.477 e. The summed E-state index contributed by atoms with van der Waals surface area (Å²) < 4.78 is 29.3. The van der Waals surface area contributed by atoms with Crippen molar-refractivity contribution in [3.63, 3.8) is 0 Å². The van der Waals surface area contributed by atoms with E-state index in [9.17, 15) is 0 Å². The van der Waals surface area contributed by atoms with Crippen LogP contribution in [0.1, 0.15) is 45.5 Å². The molecule has 0 spiro atoms. The van der Waals surface area contributed by atoms with Gasteiger partial charge in [0.05, 0.1) is 24.9 Å². The number of rotatable bonds is 12. The summed E-state index contributed by atoms with van der Waals surface area (Å²) in [5, 5.41) is 2.01. The topological polar surface area (TPSA) is 46.8 Å². The predicted octanol–water partition coefficient (Wildman–Crippen LogP) is 7.58. The summed E-state index contributed by atoms with van der Waals surface area (Å²) >= 11 is 0. The molecule has 0 radical (unpaired) electrons. The summed E-state index contributed by atoms with van der Waals surface area (Å²) in [5.41, 5.74) is 7.52. The first-order valence-electron chi connectivity index (χ1n) is 17.2. The third kappa shape index (κ3) is 5.81. The van der Waals surface area contributed by atoms with Gasteiger partial charge in [0.1, 0.15) is 26.4 Å². The number of hydrogen-bond donors (Lipinski definition) is 0. The first-order valence-corrected chi connectivity index (χ1v) is 17.2. The summed E-state index contributed by atoms with van der Waals surface area (Å²) in [7, 11) is 0. The van der Waals surface area contributed by atoms with Crippen LogP contribution in [0.4, 0.5) is 0 Å². The van der Waals surface area contributed by atoms with Crippen LogP contribution >= 0.6 is 0 Å². The fourth-order valence-corrected chi connectivity index (χ4v) is 7.85. The average Bonchev–Trinajstić information content (AvgIpc) is 3.70. The monoisotopic (exact) mass is 702 g/mol. The van der Waals surface area contributed by atoms with Crippen molar-refractivity contribution in [2.45, 2.75) is 24.9 Å². The highest BCUT2D eigenvalue weighted by atomic mass is 16.5. The van der Waals surface area contributed by atoms with Gasteiger partial charge in [-0.15, -0.1) is 38.5 Å². The Bertz CT molecular complexity index is 2480. The number of aromatic nitrogens is 2. The summed E-state index contributed by atoms with van der Waals surface area (Å²) in [6, 6.07) is 28.1. The number of fused-ring (bicyclic) bond motifs is 6. The van der Waals surface area contributed by atoms with Crippen molar-refractivity contribution in [3.05, 3.63) is 119 Å². The van der Waals surface area contributed by atoms with Gasteiger partial charge in [-0.05, 0) is 35.4 Å². The zero-order chi connectivity index (χ0) is 37.6. The quantitative estimate of drug-likeness (QED) is 0.123. The predicted molar refractivity (Wildman–Crippen MR) is 214 cm³/mol. The lowest BCUT2D eigenvalue weighted by Crippen LogP contribution is -2.25. The second-order valence-electron chi connectivity index (χ2n) is 12.4. The third-order valence-corrected chi connectivity index (χ3v) is 9.59. The van der Waals surface area contributed by atoms with Gasteiger partial charge in [-0.3, -0.25) is 0 Å². The maximum atomic E-state index is 6.38. The molecule has 0 saturated carbocycles. The van der Waals surface area contributed by atoms with Gasteiger partial charge in [0.15, 0.2) is 23.0 Å². The van der Waals surface area contributed by atoms with Crippen LogP contribution in [-0.4, -0.2) is 35.6 Å². The van der Waals surface area contributed by atoms with E-state index in [2.05, 4.69) is 68.9 Å². The van der Waals surface area contributed by atoms with E-state index in [1.807, 2.05) is 60.7 Å². The molecule has 54 heavy (non-hydrogen) atoms. The zero-order valence-corrected chi connectivity index (χ0v) is 29.5. The zero-order valence-electron chi connectivity index (χ0n) is 29.5. The van der Waals surface area contributed by atoms with Crippen molar-refractivity contribution in [3.8, 4) is 97.1 Å². The Balaban J connectivity index is 1.70. The van der Waals surface area contributed by atoms with Gasteiger partial charge in [0, 0.05) is 44.3 Å². The molecule has 6 heteroatoms. The van der Waals surface area contributed by atoms with Crippen molar-refractivity contribution in [2.24, 2.45) is 0 Å². The van der Waals surface area contributed by atoms with Gasteiger partial charge >= 0.3 is 0 Å². The summed E-state index contributed by atoms with van der Waals surface area (Å²) in [4.78, 5) is 0. The van der Waals surface area contributed by atoms with E-state index in [0.29, 0.717) is 23.0 Å². The van der Waals surface area contributed by atoms with Crippen LogP contribution < -0.4 is 18.9 Å². The Morgan fingerprint density at radius 1 is 0.444 bits per heavy atom. The molecular weight excluding hydrogens is 669 g/mol. The van der Waals surface area contributed by atoms with Crippen LogP contribution in [0.25, 0.3) is 21.8 Å². The third-order valence-electron chi connectivity index (χ3n) is 9.59. The number of terminal acetylenes is 6. The van der Waals surface area contributed by atoms with E-state index < -0.39 is 11.8 Å². The van der Waals surface area contributed by atoms with E-state index in [1.165, 1.54) is 0 Å². The molecule has 2 unspecified atom stereocenters. The lowest BCUT2D eigenvalue weighted by Gasteiger charge is -2.35. The molecule has 0 aliphatic heterocycles. The van der Waals surface area contributed by atoms with E-state index in [4.69, 9.17) is 57.5 Å². The molecule has 2 heterocycles. The molecular formula is C48H34N2O4. The largest absolute Gasteiger partial charge is 0.477 e. The van der Waals surface area contributed by atoms with Crippen molar-refractivity contribution in [1.82, 2.24) is 9.13 Å². The molecule has 6 aromatic rings. The summed E-state index contributed by atoms with van der Waals surface area (Å²) in [5.74, 6) is 17.2. The highest BCUT2D eigenvalue weighted by Gasteiger charge is 2.44. The number of para-hydroxylation sites is 4. The molecule has 0 bridgehead atoms. The van der Waals surface area contributed by atoms with Crippen LogP contribution in [0.3, 0.4) is 0 Å². The smallest absolute Gasteiger partial charge is 0.166 e. The molecule has 0 N–H and O–H groups in total. The van der Waals surface area contributed by atoms with E-state index >= 15 is 0 Å². The van der Waals surface area contributed by atoms with Crippen molar-refractivity contribution < 1.29 is 18.9 Å². The Labute approximate surface area is 316 Å². The first kappa shape index (κ1) is 34.9. The molecule has 1 aliphatic carbocycles. The SMILES string of the molecule is C#CCOc1cccc(C2c3c(n(CC#C)c4ccccc34)C(c3cccc(OCC#C)c3OCC#C)c3c2n(CC#C)c2ccccc32)c1OCC#C. The van der Waals surface area contributed by atoms with E-state index in [1.54, 1.807) is 0 Å². The van der Waals surface area contributed by atoms with Crippen molar-refractivity contribution in [2.75, 3.05) is 26.4 Å². The molecule has 1 aliphatic rings. The highest BCUT2D eigenvalue weighted by molar-refractivity contribution is 5.95. The second-order valence-corrected chi connectivity index (χ2v) is 12.4. The molecule has 0 saturated heterocycles. The number of ether oxygens (including phenoxy) is 4. The summed E-state index contributed by atoms with van der Waals surface area (Å²) in [6.07, 6.45) is 35.2.